The molecule has 0 aliphatic heterocycles. The van der Waals surface area contributed by atoms with Crippen LogP contribution in [0.4, 0.5) is 4.79 Å². The quantitative estimate of drug-likeness (QED) is 0.480. The van der Waals surface area contributed by atoms with E-state index in [0.29, 0.717) is 4.88 Å². The smallest absolute Gasteiger partial charge is 0.333 e. The lowest BCUT2D eigenvalue weighted by atomic mass is 10.4. The van der Waals surface area contributed by atoms with Crippen molar-refractivity contribution in [3.63, 3.8) is 0 Å². The topological polar surface area (TPSA) is 112 Å². The summed E-state index contributed by atoms with van der Waals surface area (Å²) in [4.78, 5) is 35.0. The van der Waals surface area contributed by atoms with Crippen LogP contribution in [0, 0.1) is 0 Å². The minimum absolute atomic E-state index is 0.202. The van der Waals surface area contributed by atoms with Crippen molar-refractivity contribution in [1.29, 1.82) is 0 Å². The van der Waals surface area contributed by atoms with E-state index in [1.54, 1.807) is 23.6 Å². The predicted molar refractivity (Wildman–Crippen MR) is 79.4 cm³/mol. The lowest BCUT2D eigenvalue weighted by Crippen LogP contribution is -2.48. The average Bonchev–Trinajstić information content (AvgIpc) is 3.21. The molecule has 0 saturated carbocycles. The van der Waals surface area contributed by atoms with Gasteiger partial charge < -0.3 is 15.1 Å². The van der Waals surface area contributed by atoms with Crippen molar-refractivity contribution >= 4 is 29.2 Å². The molecule has 2 rings (SSSR count). The second kappa shape index (κ2) is 7.84. The summed E-state index contributed by atoms with van der Waals surface area (Å²) in [7, 11) is 0. The summed E-state index contributed by atoms with van der Waals surface area (Å²) < 4.78 is 4.92. The molecule has 4 amide bonds. The van der Waals surface area contributed by atoms with Crippen LogP contribution in [-0.4, -0.2) is 30.9 Å². The van der Waals surface area contributed by atoms with Crippen molar-refractivity contribution in [1.82, 2.24) is 21.5 Å². The Balaban J connectivity index is 1.58. The SMILES string of the molecule is O=C(NCCNC(=O)c1ccco1)NNC(=O)c1cccs1. The molecule has 8 nitrogen and oxygen atoms in total. The number of hydrogen-bond donors (Lipinski definition) is 4. The molecule has 2 heterocycles. The van der Waals surface area contributed by atoms with Gasteiger partial charge in [-0.25, -0.2) is 10.2 Å². The van der Waals surface area contributed by atoms with Gasteiger partial charge in [0.1, 0.15) is 0 Å². The van der Waals surface area contributed by atoms with Crippen LogP contribution in [0.15, 0.2) is 40.3 Å². The van der Waals surface area contributed by atoms with E-state index in [2.05, 4.69) is 21.5 Å². The van der Waals surface area contributed by atoms with Gasteiger partial charge in [0.05, 0.1) is 11.1 Å². The molecule has 22 heavy (non-hydrogen) atoms. The molecule has 0 spiro atoms. The summed E-state index contributed by atoms with van der Waals surface area (Å²) in [6.45, 7) is 0.430. The number of furan rings is 1. The molecule has 0 aliphatic rings. The number of carbonyl (C=O) groups is 3. The first-order chi connectivity index (χ1) is 10.7. The van der Waals surface area contributed by atoms with Crippen LogP contribution in [0.1, 0.15) is 20.2 Å². The van der Waals surface area contributed by atoms with Crippen molar-refractivity contribution < 1.29 is 18.8 Å². The maximum Gasteiger partial charge on any atom is 0.333 e. The zero-order valence-electron chi connectivity index (χ0n) is 11.4. The number of amides is 4. The standard InChI is InChI=1S/C13H14N4O4S/c18-11(9-3-1-7-21-9)14-5-6-15-13(20)17-16-12(19)10-4-2-8-22-10/h1-4,7-8H,5-6H2,(H,14,18)(H,16,19)(H2,15,17,20). The molecule has 0 aromatic carbocycles. The summed E-state index contributed by atoms with van der Waals surface area (Å²) >= 11 is 1.27. The van der Waals surface area contributed by atoms with Crippen LogP contribution in [0.2, 0.25) is 0 Å². The van der Waals surface area contributed by atoms with E-state index in [4.69, 9.17) is 4.42 Å². The third-order valence-corrected chi connectivity index (χ3v) is 3.34. The summed E-state index contributed by atoms with van der Waals surface area (Å²) in [6.07, 6.45) is 1.40. The van der Waals surface area contributed by atoms with Gasteiger partial charge in [-0.05, 0) is 23.6 Å². The summed E-state index contributed by atoms with van der Waals surface area (Å²) in [5.74, 6) is -0.554. The van der Waals surface area contributed by atoms with Crippen LogP contribution < -0.4 is 21.5 Å². The van der Waals surface area contributed by atoms with Gasteiger partial charge in [0.25, 0.3) is 11.8 Å². The summed E-state index contributed by atoms with van der Waals surface area (Å²) in [5.41, 5.74) is 4.48. The van der Waals surface area contributed by atoms with Crippen molar-refractivity contribution in [3.8, 4) is 0 Å². The highest BCUT2D eigenvalue weighted by atomic mass is 32.1. The maximum atomic E-state index is 11.6. The molecule has 0 radical (unpaired) electrons. The van der Waals surface area contributed by atoms with E-state index >= 15 is 0 Å². The first kappa shape index (κ1) is 15.6. The Kier molecular flexibility index (Phi) is 5.55. The van der Waals surface area contributed by atoms with Crippen molar-refractivity contribution in [2.24, 2.45) is 0 Å². The zero-order valence-corrected chi connectivity index (χ0v) is 12.2. The molecule has 0 fully saturated rings. The second-order valence-corrected chi connectivity index (χ2v) is 4.99. The molecule has 2 aromatic rings. The molecule has 9 heteroatoms. The van der Waals surface area contributed by atoms with E-state index in [1.165, 1.54) is 23.7 Å². The number of rotatable bonds is 5. The number of hydrogen-bond acceptors (Lipinski definition) is 5. The molecular formula is C13H14N4O4S. The van der Waals surface area contributed by atoms with Crippen molar-refractivity contribution in [2.45, 2.75) is 0 Å². The molecule has 0 aliphatic carbocycles. The zero-order chi connectivity index (χ0) is 15.8. The normalized spacial score (nSPS) is 9.82. The fraction of sp³-hybridized carbons (Fsp3) is 0.154. The summed E-state index contributed by atoms with van der Waals surface area (Å²) in [6, 6.07) is 5.95. The van der Waals surface area contributed by atoms with Gasteiger partial charge in [0, 0.05) is 13.1 Å². The Morgan fingerprint density at radius 3 is 2.50 bits per heavy atom. The van der Waals surface area contributed by atoms with E-state index < -0.39 is 11.9 Å². The second-order valence-electron chi connectivity index (χ2n) is 4.05. The maximum absolute atomic E-state index is 11.6. The monoisotopic (exact) mass is 322 g/mol. The lowest BCUT2D eigenvalue weighted by Gasteiger charge is -2.08. The Hall–Kier alpha value is -2.81. The molecular weight excluding hydrogens is 308 g/mol. The van der Waals surface area contributed by atoms with Gasteiger partial charge in [-0.3, -0.25) is 15.0 Å². The van der Waals surface area contributed by atoms with E-state index in [0.717, 1.165) is 0 Å². The van der Waals surface area contributed by atoms with Gasteiger partial charge in [-0.2, -0.15) is 0 Å². The number of thiophene rings is 1. The minimum atomic E-state index is -0.572. The van der Waals surface area contributed by atoms with Gasteiger partial charge in [0.2, 0.25) is 0 Å². The summed E-state index contributed by atoms with van der Waals surface area (Å²) in [5, 5.41) is 6.80. The van der Waals surface area contributed by atoms with E-state index in [9.17, 15) is 14.4 Å². The van der Waals surface area contributed by atoms with Gasteiger partial charge in [0.15, 0.2) is 5.76 Å². The van der Waals surface area contributed by atoms with Gasteiger partial charge >= 0.3 is 6.03 Å². The lowest BCUT2D eigenvalue weighted by molar-refractivity contribution is 0.0925. The first-order valence-electron chi connectivity index (χ1n) is 6.36. The number of hydrazine groups is 1. The van der Waals surface area contributed by atoms with Crippen molar-refractivity contribution in [2.75, 3.05) is 13.1 Å². The minimum Gasteiger partial charge on any atom is -0.459 e. The molecule has 0 atom stereocenters. The molecule has 116 valence electrons. The van der Waals surface area contributed by atoms with Gasteiger partial charge in [-0.15, -0.1) is 11.3 Å². The van der Waals surface area contributed by atoms with Crippen LogP contribution in [0.3, 0.4) is 0 Å². The highest BCUT2D eigenvalue weighted by molar-refractivity contribution is 7.12. The van der Waals surface area contributed by atoms with Crippen LogP contribution in [0.5, 0.6) is 0 Å². The number of nitrogens with one attached hydrogen (secondary N) is 4. The molecule has 2 aromatic heterocycles. The highest BCUT2D eigenvalue weighted by Gasteiger charge is 2.09. The Bertz CT molecular complexity index is 625. The molecule has 0 unspecified atom stereocenters. The third-order valence-electron chi connectivity index (χ3n) is 2.48. The van der Waals surface area contributed by atoms with Crippen LogP contribution >= 0.6 is 11.3 Å². The van der Waals surface area contributed by atoms with E-state index in [-0.39, 0.29) is 24.8 Å². The third kappa shape index (κ3) is 4.63. The molecule has 0 bridgehead atoms. The average molecular weight is 322 g/mol. The van der Waals surface area contributed by atoms with Crippen LogP contribution in [-0.2, 0) is 0 Å². The fourth-order valence-corrected chi connectivity index (χ4v) is 2.09. The number of carbonyl (C=O) groups excluding carboxylic acids is 3. The van der Waals surface area contributed by atoms with Gasteiger partial charge in [-0.1, -0.05) is 6.07 Å². The largest absolute Gasteiger partial charge is 0.459 e. The van der Waals surface area contributed by atoms with Crippen LogP contribution in [0.25, 0.3) is 0 Å². The Morgan fingerprint density at radius 1 is 1.00 bits per heavy atom. The Labute approximate surface area is 129 Å². The van der Waals surface area contributed by atoms with Crippen molar-refractivity contribution in [3.05, 3.63) is 46.5 Å². The fourth-order valence-electron chi connectivity index (χ4n) is 1.47. The highest BCUT2D eigenvalue weighted by Crippen LogP contribution is 2.06. The first-order valence-corrected chi connectivity index (χ1v) is 7.24. The van der Waals surface area contributed by atoms with E-state index in [1.807, 2.05) is 0 Å². The molecule has 0 saturated heterocycles. The molecule has 4 N–H and O–H groups in total. The number of urea groups is 1. The Morgan fingerprint density at radius 2 is 1.82 bits per heavy atom. The predicted octanol–water partition coefficient (Wildman–Crippen LogP) is 0.715.